The van der Waals surface area contributed by atoms with Gasteiger partial charge in [0, 0.05) is 49.7 Å². The van der Waals surface area contributed by atoms with Crippen LogP contribution in [0.3, 0.4) is 0 Å². The largest absolute Gasteiger partial charge is 0.354 e. The van der Waals surface area contributed by atoms with Crippen molar-refractivity contribution in [3.63, 3.8) is 0 Å². The van der Waals surface area contributed by atoms with Crippen molar-refractivity contribution in [1.29, 1.82) is 5.41 Å². The Labute approximate surface area is 219 Å². The van der Waals surface area contributed by atoms with Gasteiger partial charge >= 0.3 is 0 Å². The first-order valence-electron chi connectivity index (χ1n) is 14.1. The van der Waals surface area contributed by atoms with E-state index in [1.54, 1.807) is 16.7 Å². The molecule has 3 aliphatic carbocycles. The highest BCUT2D eigenvalue weighted by Gasteiger charge is 2.61. The van der Waals surface area contributed by atoms with Crippen molar-refractivity contribution in [1.82, 2.24) is 14.7 Å². The lowest BCUT2D eigenvalue weighted by atomic mass is 9.78. The Morgan fingerprint density at radius 1 is 0.889 bits per heavy atom. The third-order valence-corrected chi connectivity index (χ3v) is 10.8. The van der Waals surface area contributed by atoms with E-state index >= 15 is 0 Å². The molecule has 194 valence electrons. The average Bonchev–Trinajstić information content (AvgIpc) is 3.60. The molecule has 0 spiro atoms. The predicted octanol–water partition coefficient (Wildman–Crippen LogP) is 4.19. The molecule has 3 saturated carbocycles. The quantitative estimate of drug-likeness (QED) is 0.270. The van der Waals surface area contributed by atoms with Gasteiger partial charge in [0.2, 0.25) is 11.8 Å². The number of carbonyl (C=O) groups is 2. The fourth-order valence-corrected chi connectivity index (χ4v) is 8.75. The number of hydrogen-bond donors (Lipinski definition) is 1. The van der Waals surface area contributed by atoms with E-state index < -0.39 is 0 Å². The lowest BCUT2D eigenvalue weighted by Gasteiger charge is -2.41. The van der Waals surface area contributed by atoms with E-state index in [0.29, 0.717) is 36.1 Å². The summed E-state index contributed by atoms with van der Waals surface area (Å²) in [7, 11) is 0. The summed E-state index contributed by atoms with van der Waals surface area (Å²) in [5.41, 5.74) is 1.03. The molecule has 6 atom stereocenters. The van der Waals surface area contributed by atoms with Gasteiger partial charge in [-0.3, -0.25) is 24.8 Å². The average molecular weight is 509 g/mol. The van der Waals surface area contributed by atoms with E-state index in [9.17, 15) is 9.59 Å². The SMILES string of the molecule is CSc1ccccc1C(=N)N1CCN(CC2CCCCC2CN2C(=O)C3C(C2=O)[C@@H]2CC[C@@H]3C2)CC1. The summed E-state index contributed by atoms with van der Waals surface area (Å²) in [6, 6.07) is 8.23. The van der Waals surface area contributed by atoms with Crippen LogP contribution in [-0.2, 0) is 9.59 Å². The monoisotopic (exact) mass is 508 g/mol. The van der Waals surface area contributed by atoms with Gasteiger partial charge in [0.05, 0.1) is 11.8 Å². The zero-order valence-corrected chi connectivity index (χ0v) is 22.3. The maximum atomic E-state index is 13.3. The summed E-state index contributed by atoms with van der Waals surface area (Å²) in [6.45, 7) is 5.43. The zero-order chi connectivity index (χ0) is 24.8. The molecular weight excluding hydrogens is 468 g/mol. The van der Waals surface area contributed by atoms with Gasteiger partial charge in [0.1, 0.15) is 5.84 Å². The molecule has 2 bridgehead atoms. The number of likely N-dealkylation sites (tertiary alicyclic amines) is 1. The Morgan fingerprint density at radius 2 is 1.50 bits per heavy atom. The maximum Gasteiger partial charge on any atom is 0.233 e. The highest BCUT2D eigenvalue weighted by molar-refractivity contribution is 7.98. The Hall–Kier alpha value is -1.86. The van der Waals surface area contributed by atoms with E-state index in [1.165, 1.54) is 19.3 Å². The normalized spacial score (nSPS) is 34.5. The second kappa shape index (κ2) is 10.1. The van der Waals surface area contributed by atoms with Gasteiger partial charge in [-0.1, -0.05) is 31.0 Å². The van der Waals surface area contributed by atoms with Crippen LogP contribution in [-0.4, -0.2) is 77.9 Å². The van der Waals surface area contributed by atoms with Crippen molar-refractivity contribution < 1.29 is 9.59 Å². The first kappa shape index (κ1) is 24.5. The number of carbonyl (C=O) groups excluding carboxylic acids is 2. The van der Waals surface area contributed by atoms with Crippen LogP contribution in [0.25, 0.3) is 0 Å². The van der Waals surface area contributed by atoms with Crippen LogP contribution < -0.4 is 0 Å². The number of nitrogens with one attached hydrogen (secondary N) is 1. The Morgan fingerprint density at radius 3 is 2.14 bits per heavy atom. The first-order chi connectivity index (χ1) is 17.5. The summed E-state index contributed by atoms with van der Waals surface area (Å²) in [5, 5.41) is 8.79. The van der Waals surface area contributed by atoms with Crippen molar-refractivity contribution >= 4 is 29.4 Å². The minimum atomic E-state index is 0.0120. The maximum absolute atomic E-state index is 13.3. The molecule has 36 heavy (non-hydrogen) atoms. The molecule has 5 fully saturated rings. The summed E-state index contributed by atoms with van der Waals surface area (Å²) < 4.78 is 0. The van der Waals surface area contributed by atoms with Crippen LogP contribution in [0, 0.1) is 40.9 Å². The minimum Gasteiger partial charge on any atom is -0.354 e. The molecule has 2 heterocycles. The van der Waals surface area contributed by atoms with Crippen molar-refractivity contribution in [2.24, 2.45) is 35.5 Å². The second-order valence-corrected chi connectivity index (χ2v) is 12.7. The van der Waals surface area contributed by atoms with Gasteiger partial charge < -0.3 is 4.90 Å². The van der Waals surface area contributed by atoms with E-state index in [-0.39, 0.29) is 23.7 Å². The number of amidine groups is 1. The smallest absolute Gasteiger partial charge is 0.233 e. The van der Waals surface area contributed by atoms with Gasteiger partial charge in [-0.15, -0.1) is 11.8 Å². The number of piperazine rings is 1. The van der Waals surface area contributed by atoms with Gasteiger partial charge in [-0.2, -0.15) is 0 Å². The summed E-state index contributed by atoms with van der Waals surface area (Å²) in [5.74, 6) is 2.94. The number of imide groups is 1. The van der Waals surface area contributed by atoms with Crippen LogP contribution in [0.15, 0.2) is 29.2 Å². The predicted molar refractivity (Wildman–Crippen MR) is 143 cm³/mol. The first-order valence-corrected chi connectivity index (χ1v) is 15.3. The molecule has 5 aliphatic rings. The molecule has 1 aromatic carbocycles. The van der Waals surface area contributed by atoms with E-state index in [4.69, 9.17) is 5.41 Å². The van der Waals surface area contributed by atoms with Crippen LogP contribution in [0.2, 0.25) is 0 Å². The lowest BCUT2D eigenvalue weighted by Crippen LogP contribution is -2.51. The van der Waals surface area contributed by atoms with Gasteiger partial charge in [-0.05, 0) is 68.1 Å². The highest BCUT2D eigenvalue weighted by Crippen LogP contribution is 2.56. The molecule has 2 saturated heterocycles. The van der Waals surface area contributed by atoms with Crippen molar-refractivity contribution in [3.8, 4) is 0 Å². The van der Waals surface area contributed by atoms with Crippen LogP contribution in [0.1, 0.15) is 50.5 Å². The second-order valence-electron chi connectivity index (χ2n) is 11.8. The third-order valence-electron chi connectivity index (χ3n) is 10.0. The molecule has 2 amide bonds. The molecule has 1 aromatic rings. The van der Waals surface area contributed by atoms with Crippen molar-refractivity contribution in [2.45, 2.75) is 49.8 Å². The number of thioether (sulfide) groups is 1. The number of amides is 2. The highest BCUT2D eigenvalue weighted by atomic mass is 32.2. The fourth-order valence-electron chi connectivity index (χ4n) is 8.15. The Bertz CT molecular complexity index is 994. The van der Waals surface area contributed by atoms with Crippen LogP contribution in [0.5, 0.6) is 0 Å². The van der Waals surface area contributed by atoms with Gasteiger partial charge in [-0.25, -0.2) is 0 Å². The third kappa shape index (κ3) is 4.30. The number of benzene rings is 1. The summed E-state index contributed by atoms with van der Waals surface area (Å²) in [4.78, 5) is 34.2. The number of hydrogen-bond acceptors (Lipinski definition) is 5. The lowest BCUT2D eigenvalue weighted by molar-refractivity contribution is -0.142. The van der Waals surface area contributed by atoms with Gasteiger partial charge in [0.25, 0.3) is 0 Å². The van der Waals surface area contributed by atoms with Crippen molar-refractivity contribution in [2.75, 3.05) is 45.5 Å². The summed E-state index contributed by atoms with van der Waals surface area (Å²) >= 11 is 1.70. The standard InChI is InChI=1S/C29H40N4O2S/c1-36-24-9-5-4-8-23(24)27(30)32-14-12-31(13-15-32)17-21-6-2-3-7-22(21)18-33-28(34)25-19-10-11-20(16-19)26(25)29(33)35/h4-5,8-9,19-22,25-26,30H,2-3,6-7,10-18H2,1H3/t19-,20-,21?,22?,25?,26?/m1/s1. The number of nitrogens with zero attached hydrogens (tertiary/aromatic N) is 3. The molecule has 2 aliphatic heterocycles. The van der Waals surface area contributed by atoms with E-state index in [1.807, 2.05) is 12.1 Å². The molecular formula is C29H40N4O2S. The molecule has 4 unspecified atom stereocenters. The Kier molecular flexibility index (Phi) is 6.89. The molecule has 6 rings (SSSR count). The molecule has 0 radical (unpaired) electrons. The topological polar surface area (TPSA) is 67.7 Å². The fraction of sp³-hybridized carbons (Fsp3) is 0.690. The number of rotatable bonds is 6. The summed E-state index contributed by atoms with van der Waals surface area (Å²) in [6.07, 6.45) is 10.3. The minimum absolute atomic E-state index is 0.0120. The zero-order valence-electron chi connectivity index (χ0n) is 21.5. The molecule has 1 N–H and O–H groups in total. The molecule has 7 heteroatoms. The molecule has 0 aromatic heterocycles. The van der Waals surface area contributed by atoms with Crippen LogP contribution in [0.4, 0.5) is 0 Å². The Balaban J connectivity index is 1.05. The van der Waals surface area contributed by atoms with E-state index in [0.717, 1.165) is 68.9 Å². The molecule has 6 nitrogen and oxygen atoms in total. The van der Waals surface area contributed by atoms with Crippen LogP contribution >= 0.6 is 11.8 Å². The van der Waals surface area contributed by atoms with Gasteiger partial charge in [0.15, 0.2) is 0 Å². The van der Waals surface area contributed by atoms with Crippen molar-refractivity contribution in [3.05, 3.63) is 29.8 Å². The number of fused-ring (bicyclic) bond motifs is 5. The van der Waals surface area contributed by atoms with E-state index in [2.05, 4.69) is 28.2 Å².